The standard InChI is InChI=1S/C62H104N4O12Si4/c1-13-67-79(68-14-2,69-15-3)59-35-27-55(28-36-59)51-63-43-25-44-65(53-57-31-39-61(40-32-57)81(73-19-7,74-20-8)75-21-9)49-50-66(54-58-33-41-62(42-34-58)82(76-22-10,77-23-11)78-24-12)46-26-45-64(48-47-63)52-56-29-37-60(38-30-56)80(70-16-4,71-17-5)72-18-6/h27-42H,13-26,43-54H2,1-12H3. The molecule has 0 aliphatic carbocycles. The van der Waals surface area contributed by atoms with Crippen LogP contribution in [0.5, 0.6) is 0 Å². The van der Waals surface area contributed by atoms with Crippen LogP contribution in [0.15, 0.2) is 97.1 Å². The second-order valence-corrected chi connectivity index (χ2v) is 30.2. The zero-order valence-electron chi connectivity index (χ0n) is 52.3. The van der Waals surface area contributed by atoms with Crippen molar-refractivity contribution in [1.29, 1.82) is 0 Å². The molecule has 1 aliphatic rings. The number of nitrogens with zero attached hydrogens (tertiary/aromatic N) is 4. The van der Waals surface area contributed by atoms with E-state index in [0.717, 1.165) is 112 Å². The molecule has 4 aromatic rings. The molecule has 0 spiro atoms. The molecule has 5 rings (SSSR count). The monoisotopic (exact) mass is 1210 g/mol. The smallest absolute Gasteiger partial charge is 0.370 e. The average Bonchev–Trinajstić information content (AvgIpc) is 3.68. The van der Waals surface area contributed by atoms with Gasteiger partial charge in [0.25, 0.3) is 0 Å². The van der Waals surface area contributed by atoms with E-state index in [4.69, 9.17) is 53.1 Å². The summed E-state index contributed by atoms with van der Waals surface area (Å²) in [6.07, 6.45) is 2.00. The van der Waals surface area contributed by atoms with Gasteiger partial charge < -0.3 is 53.1 Å². The molecule has 0 amide bonds. The Hall–Kier alpha value is -2.89. The molecule has 0 bridgehead atoms. The zero-order valence-corrected chi connectivity index (χ0v) is 56.3. The predicted octanol–water partition coefficient (Wildman–Crippen LogP) is 7.81. The highest BCUT2D eigenvalue weighted by atomic mass is 28.4. The number of hydrogen-bond donors (Lipinski definition) is 0. The molecule has 1 saturated heterocycles. The maximum absolute atomic E-state index is 6.30. The van der Waals surface area contributed by atoms with Crippen LogP contribution in [0.1, 0.15) is 118 Å². The fourth-order valence-electron chi connectivity index (χ4n) is 10.8. The van der Waals surface area contributed by atoms with E-state index >= 15 is 0 Å². The second-order valence-electron chi connectivity index (χ2n) is 20.0. The van der Waals surface area contributed by atoms with E-state index in [-0.39, 0.29) is 0 Å². The van der Waals surface area contributed by atoms with E-state index in [1.54, 1.807) is 0 Å². The molecule has 20 heteroatoms. The minimum atomic E-state index is -3.05. The highest BCUT2D eigenvalue weighted by Gasteiger charge is 2.46. The third kappa shape index (κ3) is 20.6. The molecule has 82 heavy (non-hydrogen) atoms. The van der Waals surface area contributed by atoms with Crippen molar-refractivity contribution >= 4 is 56.0 Å². The van der Waals surface area contributed by atoms with Crippen molar-refractivity contribution in [2.24, 2.45) is 0 Å². The van der Waals surface area contributed by atoms with Gasteiger partial charge in [-0.15, -0.1) is 0 Å². The van der Waals surface area contributed by atoms with Gasteiger partial charge in [-0.3, -0.25) is 19.6 Å². The van der Waals surface area contributed by atoms with E-state index in [9.17, 15) is 0 Å². The first-order valence-corrected chi connectivity index (χ1v) is 37.8. The van der Waals surface area contributed by atoms with E-state index in [1.165, 1.54) is 22.3 Å². The molecule has 1 heterocycles. The first-order valence-electron chi connectivity index (χ1n) is 30.9. The third-order valence-corrected chi connectivity index (χ3v) is 26.4. The van der Waals surface area contributed by atoms with Crippen LogP contribution in [0.2, 0.25) is 0 Å². The molecule has 0 radical (unpaired) electrons. The van der Waals surface area contributed by atoms with Crippen molar-refractivity contribution < 1.29 is 53.1 Å². The van der Waals surface area contributed by atoms with Gasteiger partial charge in [-0.05, 0) is 144 Å². The summed E-state index contributed by atoms with van der Waals surface area (Å²) in [6, 6.07) is 35.2. The van der Waals surface area contributed by atoms with Crippen LogP contribution in [0, 0.1) is 0 Å². The maximum Gasteiger partial charge on any atom is 0.537 e. The zero-order chi connectivity index (χ0) is 59.1. The van der Waals surface area contributed by atoms with Crippen LogP contribution in [-0.4, -0.2) is 186 Å². The molecule has 0 saturated carbocycles. The Labute approximate surface area is 499 Å². The van der Waals surface area contributed by atoms with E-state index in [1.807, 2.05) is 83.1 Å². The Morgan fingerprint density at radius 3 is 0.512 bits per heavy atom. The van der Waals surface area contributed by atoms with Crippen LogP contribution < -0.4 is 20.7 Å². The van der Waals surface area contributed by atoms with Gasteiger partial charge in [0.15, 0.2) is 0 Å². The van der Waals surface area contributed by atoms with Gasteiger partial charge >= 0.3 is 35.2 Å². The normalized spacial score (nSPS) is 15.8. The molecule has 4 aromatic carbocycles. The summed E-state index contributed by atoms with van der Waals surface area (Å²) in [4.78, 5) is 10.6. The Morgan fingerprint density at radius 1 is 0.232 bits per heavy atom. The topological polar surface area (TPSA) is 124 Å². The number of rotatable bonds is 36. The fraction of sp³-hybridized carbons (Fsp3) is 0.613. The lowest BCUT2D eigenvalue weighted by Crippen LogP contribution is -2.56. The Morgan fingerprint density at radius 2 is 0.378 bits per heavy atom. The molecular formula is C62H104N4O12Si4. The first kappa shape index (κ1) is 69.9. The van der Waals surface area contributed by atoms with Crippen LogP contribution in [0.4, 0.5) is 0 Å². The van der Waals surface area contributed by atoms with Crippen molar-refractivity contribution in [3.05, 3.63) is 119 Å². The van der Waals surface area contributed by atoms with E-state index in [2.05, 4.69) is 117 Å². The lowest BCUT2D eigenvalue weighted by molar-refractivity contribution is 0.0851. The van der Waals surface area contributed by atoms with Crippen LogP contribution in [0.3, 0.4) is 0 Å². The van der Waals surface area contributed by atoms with Crippen LogP contribution in [-0.2, 0) is 79.3 Å². The Bertz CT molecular complexity index is 1920. The largest absolute Gasteiger partial charge is 0.537 e. The van der Waals surface area contributed by atoms with Crippen molar-refractivity contribution in [3.8, 4) is 0 Å². The summed E-state index contributed by atoms with van der Waals surface area (Å²) in [6.45, 7) is 40.9. The van der Waals surface area contributed by atoms with E-state index < -0.39 is 35.2 Å². The van der Waals surface area contributed by atoms with E-state index in [0.29, 0.717) is 79.3 Å². The molecule has 0 unspecified atom stereocenters. The molecule has 1 aliphatic heterocycles. The highest BCUT2D eigenvalue weighted by molar-refractivity contribution is 6.76. The van der Waals surface area contributed by atoms with Gasteiger partial charge in [-0.1, -0.05) is 97.1 Å². The van der Waals surface area contributed by atoms with Gasteiger partial charge in [0.1, 0.15) is 0 Å². The summed E-state index contributed by atoms with van der Waals surface area (Å²) in [5.74, 6) is 0. The van der Waals surface area contributed by atoms with Gasteiger partial charge in [0.2, 0.25) is 0 Å². The summed E-state index contributed by atoms with van der Waals surface area (Å²) < 4.78 is 75.7. The minimum absolute atomic E-state index is 0.521. The summed E-state index contributed by atoms with van der Waals surface area (Å²) in [5, 5.41) is 3.98. The average molecular weight is 1210 g/mol. The van der Waals surface area contributed by atoms with Gasteiger partial charge in [-0.25, -0.2) is 0 Å². The minimum Gasteiger partial charge on any atom is -0.370 e. The van der Waals surface area contributed by atoms with Crippen LogP contribution in [0.25, 0.3) is 0 Å². The van der Waals surface area contributed by atoms with Crippen molar-refractivity contribution in [2.45, 2.75) is 122 Å². The summed E-state index contributed by atoms with van der Waals surface area (Å²) in [7, 11) is -12.2. The molecule has 1 fully saturated rings. The molecule has 16 nitrogen and oxygen atoms in total. The number of hydrogen-bond acceptors (Lipinski definition) is 16. The van der Waals surface area contributed by atoms with Crippen molar-refractivity contribution in [2.75, 3.05) is 132 Å². The predicted molar refractivity (Wildman–Crippen MR) is 337 cm³/mol. The summed E-state index contributed by atoms with van der Waals surface area (Å²) in [5.41, 5.74) is 4.99. The fourth-order valence-corrected chi connectivity index (χ4v) is 20.6. The first-order chi connectivity index (χ1) is 39.9. The molecule has 0 N–H and O–H groups in total. The Balaban J connectivity index is 1.49. The van der Waals surface area contributed by atoms with Gasteiger partial charge in [0, 0.05) is 152 Å². The lowest BCUT2D eigenvalue weighted by atomic mass is 10.1. The SMILES string of the molecule is CCO[Si](OCC)(OCC)c1ccc(CN2CCCN(Cc3ccc([Si](OCC)(OCC)OCC)cc3)CCN(Cc3ccc([Si](OCC)(OCC)OCC)cc3)CCCN(Cc3ccc([Si](OCC)(OCC)OCC)cc3)CC2)cc1. The van der Waals surface area contributed by atoms with Crippen molar-refractivity contribution in [3.63, 3.8) is 0 Å². The third-order valence-electron chi connectivity index (χ3n) is 14.2. The Kier molecular flexibility index (Phi) is 32.1. The van der Waals surface area contributed by atoms with Gasteiger partial charge in [-0.2, -0.15) is 0 Å². The molecule has 0 atom stereocenters. The molecule has 460 valence electrons. The second kappa shape index (κ2) is 37.6. The number of benzene rings is 4. The van der Waals surface area contributed by atoms with Crippen molar-refractivity contribution in [1.82, 2.24) is 19.6 Å². The quantitative estimate of drug-likeness (QED) is 0.0411. The summed E-state index contributed by atoms with van der Waals surface area (Å²) >= 11 is 0. The molecular weight excluding hydrogens is 1110 g/mol. The van der Waals surface area contributed by atoms with Gasteiger partial charge in [0.05, 0.1) is 0 Å². The van der Waals surface area contributed by atoms with Crippen LogP contribution >= 0.6 is 0 Å². The lowest BCUT2D eigenvalue weighted by Gasteiger charge is -2.33. The molecule has 0 aromatic heterocycles. The maximum atomic E-state index is 6.30. The highest BCUT2D eigenvalue weighted by Crippen LogP contribution is 2.20.